The van der Waals surface area contributed by atoms with Gasteiger partial charge < -0.3 is 4.90 Å². The van der Waals surface area contributed by atoms with Crippen molar-refractivity contribution in [1.29, 1.82) is 0 Å². The zero-order valence-corrected chi connectivity index (χ0v) is 15.7. The van der Waals surface area contributed by atoms with Crippen LogP contribution in [0.2, 0.25) is 0 Å². The Kier molecular flexibility index (Phi) is 4.23. The van der Waals surface area contributed by atoms with Crippen LogP contribution < -0.4 is 4.90 Å². The predicted molar refractivity (Wildman–Crippen MR) is 100 cm³/mol. The van der Waals surface area contributed by atoms with Crippen LogP contribution in [0.25, 0.3) is 5.65 Å². The van der Waals surface area contributed by atoms with Gasteiger partial charge >= 0.3 is 0 Å². The minimum absolute atomic E-state index is 0.405. The van der Waals surface area contributed by atoms with E-state index in [0.29, 0.717) is 5.92 Å². The van der Waals surface area contributed by atoms with Crippen molar-refractivity contribution < 1.29 is 0 Å². The maximum absolute atomic E-state index is 4.87. The van der Waals surface area contributed by atoms with Gasteiger partial charge in [0, 0.05) is 32.6 Å². The molecule has 0 bridgehead atoms. The summed E-state index contributed by atoms with van der Waals surface area (Å²) in [5.74, 6) is 2.46. The third-order valence-corrected chi connectivity index (χ3v) is 5.85. The van der Waals surface area contributed by atoms with E-state index in [2.05, 4.69) is 36.4 Å². The van der Waals surface area contributed by atoms with E-state index in [0.717, 1.165) is 68.5 Å². The molecule has 0 radical (unpaired) electrons. The van der Waals surface area contributed by atoms with E-state index in [4.69, 9.17) is 5.10 Å². The van der Waals surface area contributed by atoms with Crippen LogP contribution in [0.3, 0.4) is 0 Å². The molecule has 0 atom stereocenters. The van der Waals surface area contributed by atoms with Gasteiger partial charge in [0.05, 0.1) is 11.9 Å². The van der Waals surface area contributed by atoms with Gasteiger partial charge in [0.25, 0.3) is 0 Å². The Labute approximate surface area is 158 Å². The first kappa shape index (κ1) is 16.6. The smallest absolute Gasteiger partial charge is 0.178 e. The maximum Gasteiger partial charge on any atom is 0.178 e. The third-order valence-electron chi connectivity index (χ3n) is 5.85. The molecule has 0 spiro atoms. The lowest BCUT2D eigenvalue weighted by Gasteiger charge is -2.30. The molecule has 0 aromatic carbocycles. The van der Waals surface area contributed by atoms with Gasteiger partial charge in [-0.05, 0) is 50.9 Å². The van der Waals surface area contributed by atoms with Crippen LogP contribution in [0, 0.1) is 0 Å². The van der Waals surface area contributed by atoms with Crippen molar-refractivity contribution in [2.24, 2.45) is 7.05 Å². The molecule has 3 aromatic rings. The van der Waals surface area contributed by atoms with Gasteiger partial charge in [-0.25, -0.2) is 0 Å². The van der Waals surface area contributed by atoms with Gasteiger partial charge in [-0.3, -0.25) is 9.58 Å². The molecule has 0 amide bonds. The van der Waals surface area contributed by atoms with Gasteiger partial charge in [0.15, 0.2) is 11.5 Å². The number of aromatic nitrogens is 7. The average Bonchev–Trinajstić information content (AvgIpc) is 3.44. The zero-order chi connectivity index (χ0) is 18.2. The predicted octanol–water partition coefficient (Wildman–Crippen LogP) is 1.23. The third kappa shape index (κ3) is 3.16. The second kappa shape index (κ2) is 6.88. The molecule has 9 heteroatoms. The monoisotopic (exact) mass is 367 g/mol. The highest BCUT2D eigenvalue weighted by Crippen LogP contribution is 2.28. The number of likely N-dealkylation sites (tertiary alicyclic amines) is 1. The SMILES string of the molecule is Cn1nncc1CN1CCC(c2nnc3ccc(N4CCCC4)nn23)CC1. The lowest BCUT2D eigenvalue weighted by molar-refractivity contribution is 0.196. The number of piperidine rings is 1. The summed E-state index contributed by atoms with van der Waals surface area (Å²) in [5, 5.41) is 21.7. The summed E-state index contributed by atoms with van der Waals surface area (Å²) in [6, 6.07) is 4.12. The lowest BCUT2D eigenvalue weighted by Crippen LogP contribution is -2.33. The number of hydrogen-bond acceptors (Lipinski definition) is 7. The van der Waals surface area contributed by atoms with Crippen molar-refractivity contribution >= 4 is 11.5 Å². The first-order valence-electron chi connectivity index (χ1n) is 9.81. The molecule has 0 aliphatic carbocycles. The largest absolute Gasteiger partial charge is 0.355 e. The fraction of sp³-hybridized carbons (Fsp3) is 0.611. The maximum atomic E-state index is 4.87. The Morgan fingerprint density at radius 3 is 2.59 bits per heavy atom. The Bertz CT molecular complexity index is 916. The van der Waals surface area contributed by atoms with Crippen LogP contribution >= 0.6 is 0 Å². The van der Waals surface area contributed by atoms with Crippen LogP contribution in [-0.4, -0.2) is 65.9 Å². The van der Waals surface area contributed by atoms with Crippen molar-refractivity contribution in [2.45, 2.75) is 38.1 Å². The highest BCUT2D eigenvalue weighted by atomic mass is 15.4. The van der Waals surface area contributed by atoms with Crippen LogP contribution in [0.5, 0.6) is 0 Å². The van der Waals surface area contributed by atoms with Crippen molar-refractivity contribution in [1.82, 2.24) is 39.7 Å². The molecule has 142 valence electrons. The molecule has 27 heavy (non-hydrogen) atoms. The highest BCUT2D eigenvalue weighted by molar-refractivity contribution is 5.46. The Balaban J connectivity index is 1.31. The first-order valence-corrected chi connectivity index (χ1v) is 9.81. The number of nitrogens with zero attached hydrogens (tertiary/aromatic N) is 9. The normalized spacial score (nSPS) is 19.4. The van der Waals surface area contributed by atoms with Crippen LogP contribution in [0.4, 0.5) is 5.82 Å². The van der Waals surface area contributed by atoms with Crippen molar-refractivity contribution in [3.05, 3.63) is 29.8 Å². The molecule has 5 heterocycles. The molecular formula is C18H25N9. The Morgan fingerprint density at radius 1 is 1.04 bits per heavy atom. The molecule has 2 fully saturated rings. The van der Waals surface area contributed by atoms with Gasteiger partial charge in [0.2, 0.25) is 0 Å². The Morgan fingerprint density at radius 2 is 1.85 bits per heavy atom. The molecule has 0 unspecified atom stereocenters. The van der Waals surface area contributed by atoms with E-state index < -0.39 is 0 Å². The van der Waals surface area contributed by atoms with E-state index in [1.807, 2.05) is 28.5 Å². The summed E-state index contributed by atoms with van der Waals surface area (Å²) in [6.45, 7) is 5.16. The quantitative estimate of drug-likeness (QED) is 0.686. The minimum atomic E-state index is 0.405. The molecule has 0 saturated carbocycles. The van der Waals surface area contributed by atoms with Crippen molar-refractivity contribution in [2.75, 3.05) is 31.1 Å². The first-order chi connectivity index (χ1) is 13.3. The minimum Gasteiger partial charge on any atom is -0.355 e. The molecule has 5 rings (SSSR count). The molecule has 0 N–H and O–H groups in total. The van der Waals surface area contributed by atoms with E-state index >= 15 is 0 Å². The van der Waals surface area contributed by atoms with E-state index in [1.54, 1.807) is 0 Å². The van der Waals surface area contributed by atoms with Crippen LogP contribution in [-0.2, 0) is 13.6 Å². The Hall–Kier alpha value is -2.55. The van der Waals surface area contributed by atoms with Gasteiger partial charge in [-0.15, -0.1) is 20.4 Å². The van der Waals surface area contributed by atoms with Crippen LogP contribution in [0.15, 0.2) is 18.3 Å². The number of anilines is 1. The average molecular weight is 367 g/mol. The summed E-state index contributed by atoms with van der Waals surface area (Å²) >= 11 is 0. The summed E-state index contributed by atoms with van der Waals surface area (Å²) in [5.41, 5.74) is 2.00. The second-order valence-electron chi connectivity index (χ2n) is 7.61. The lowest BCUT2D eigenvalue weighted by atomic mass is 9.96. The van der Waals surface area contributed by atoms with E-state index in [1.165, 1.54) is 12.8 Å². The zero-order valence-electron chi connectivity index (χ0n) is 15.7. The molecule has 2 aliphatic heterocycles. The summed E-state index contributed by atoms with van der Waals surface area (Å²) in [6.07, 6.45) is 6.49. The molecule has 2 aliphatic rings. The van der Waals surface area contributed by atoms with Crippen molar-refractivity contribution in [3.63, 3.8) is 0 Å². The summed E-state index contributed by atoms with van der Waals surface area (Å²) < 4.78 is 3.82. The number of rotatable bonds is 4. The molecule has 3 aromatic heterocycles. The molecule has 9 nitrogen and oxygen atoms in total. The molecule has 2 saturated heterocycles. The van der Waals surface area contributed by atoms with E-state index in [-0.39, 0.29) is 0 Å². The van der Waals surface area contributed by atoms with Gasteiger partial charge in [-0.2, -0.15) is 4.52 Å². The number of aryl methyl sites for hydroxylation is 1. The van der Waals surface area contributed by atoms with Gasteiger partial charge in [-0.1, -0.05) is 5.21 Å². The fourth-order valence-electron chi connectivity index (χ4n) is 4.20. The second-order valence-corrected chi connectivity index (χ2v) is 7.61. The van der Waals surface area contributed by atoms with E-state index in [9.17, 15) is 0 Å². The fourth-order valence-corrected chi connectivity index (χ4v) is 4.20. The number of fused-ring (bicyclic) bond motifs is 1. The number of hydrogen-bond donors (Lipinski definition) is 0. The molecular weight excluding hydrogens is 342 g/mol. The topological polar surface area (TPSA) is 80.3 Å². The van der Waals surface area contributed by atoms with Gasteiger partial charge in [0.1, 0.15) is 5.82 Å². The summed E-state index contributed by atoms with van der Waals surface area (Å²) in [4.78, 5) is 4.81. The van der Waals surface area contributed by atoms with Crippen molar-refractivity contribution in [3.8, 4) is 0 Å². The summed E-state index contributed by atoms with van der Waals surface area (Å²) in [7, 11) is 1.95. The standard InChI is InChI=1S/C18H25N9/c1-24-15(12-19-23-24)13-25-10-6-14(7-11-25)18-21-20-16-4-5-17(22-27(16)18)26-8-2-3-9-26/h4-5,12,14H,2-3,6-11,13H2,1H3. The van der Waals surface area contributed by atoms with Crippen LogP contribution in [0.1, 0.15) is 43.1 Å². The highest BCUT2D eigenvalue weighted by Gasteiger charge is 2.26.